The van der Waals surface area contributed by atoms with Crippen molar-refractivity contribution in [1.82, 2.24) is 20.4 Å². The summed E-state index contributed by atoms with van der Waals surface area (Å²) < 4.78 is 11.4. The minimum absolute atomic E-state index is 0.0767. The summed E-state index contributed by atoms with van der Waals surface area (Å²) in [7, 11) is 1.70. The third-order valence-electron chi connectivity index (χ3n) is 6.76. The molecule has 4 amide bonds. The van der Waals surface area contributed by atoms with E-state index in [0.29, 0.717) is 43.7 Å². The van der Waals surface area contributed by atoms with E-state index in [1.165, 1.54) is 6.92 Å². The monoisotopic (exact) mass is 522 g/mol. The number of alkyl carbamates (subject to hydrolysis) is 1. The van der Waals surface area contributed by atoms with Gasteiger partial charge < -0.3 is 29.9 Å². The Morgan fingerprint density at radius 1 is 1.08 bits per heavy atom. The minimum Gasteiger partial charge on any atom is -0.491 e. The fourth-order valence-electron chi connectivity index (χ4n) is 4.87. The Labute approximate surface area is 222 Å². The summed E-state index contributed by atoms with van der Waals surface area (Å²) >= 11 is 0. The zero-order valence-electron chi connectivity index (χ0n) is 21.7. The summed E-state index contributed by atoms with van der Waals surface area (Å²) in [6, 6.07) is 14.8. The average molecular weight is 523 g/mol. The lowest BCUT2D eigenvalue weighted by atomic mass is 10.1. The number of hydrogen-bond donors (Lipinski definition) is 2. The van der Waals surface area contributed by atoms with Gasteiger partial charge in [-0.3, -0.25) is 14.4 Å². The van der Waals surface area contributed by atoms with Crippen molar-refractivity contribution in [2.45, 2.75) is 50.9 Å². The molecule has 2 aromatic rings. The predicted octanol–water partition coefficient (Wildman–Crippen LogP) is 2.33. The Morgan fingerprint density at radius 2 is 1.87 bits per heavy atom. The Bertz CT molecular complexity index is 1160. The highest BCUT2D eigenvalue weighted by Crippen LogP contribution is 2.23. The molecule has 2 N–H and O–H groups in total. The lowest BCUT2D eigenvalue weighted by Crippen LogP contribution is -2.52. The van der Waals surface area contributed by atoms with Crippen LogP contribution in [0.2, 0.25) is 0 Å². The first kappa shape index (κ1) is 27.0. The molecule has 0 aromatic heterocycles. The second-order valence-corrected chi connectivity index (χ2v) is 9.74. The molecule has 202 valence electrons. The van der Waals surface area contributed by atoms with Crippen molar-refractivity contribution in [2.75, 3.05) is 26.7 Å². The molecule has 4 rings (SSSR count). The summed E-state index contributed by atoms with van der Waals surface area (Å²) in [5, 5.41) is 5.63. The zero-order valence-corrected chi connectivity index (χ0v) is 21.7. The lowest BCUT2D eigenvalue weighted by molar-refractivity contribution is -0.135. The minimum atomic E-state index is -0.860. The van der Waals surface area contributed by atoms with Gasteiger partial charge in [-0.25, -0.2) is 4.79 Å². The maximum absolute atomic E-state index is 13.8. The highest BCUT2D eigenvalue weighted by Gasteiger charge is 2.39. The number of hydrogen-bond acceptors (Lipinski definition) is 6. The molecular formula is C28H34N4O6. The number of carbonyl (C=O) groups excluding carboxylic acids is 4. The first-order valence-corrected chi connectivity index (χ1v) is 12.8. The smallest absolute Gasteiger partial charge is 0.408 e. The van der Waals surface area contributed by atoms with E-state index in [1.54, 1.807) is 41.1 Å². The molecule has 2 aliphatic heterocycles. The summed E-state index contributed by atoms with van der Waals surface area (Å²) in [4.78, 5) is 54.4. The maximum atomic E-state index is 13.8. The molecule has 10 heteroatoms. The standard InChI is InChI=1S/C28H34N4O6/c1-19(33)29-22-15-23-18-37-24-11-6-10-21(14-24)26(34)31(2)13-7-12-25(27(35)32(23)16-22)30-28(36)38-17-20-8-4-3-5-9-20/h3-6,8-11,14,22-23,25H,7,12-13,15-18H2,1-2H3,(H,29,33)(H,30,36)/t22-,23-,25-/m0/s1. The van der Waals surface area contributed by atoms with Crippen LogP contribution >= 0.6 is 0 Å². The molecule has 0 aliphatic carbocycles. The third kappa shape index (κ3) is 7.02. The number of nitrogens with one attached hydrogen (secondary N) is 2. The molecule has 10 nitrogen and oxygen atoms in total. The number of rotatable bonds is 4. The van der Waals surface area contributed by atoms with Crippen LogP contribution in [0.15, 0.2) is 54.6 Å². The van der Waals surface area contributed by atoms with Crippen LogP contribution in [0.3, 0.4) is 0 Å². The molecule has 2 heterocycles. The van der Waals surface area contributed by atoms with Gasteiger partial charge in [-0.1, -0.05) is 36.4 Å². The van der Waals surface area contributed by atoms with Crippen LogP contribution in [-0.2, 0) is 20.9 Å². The predicted molar refractivity (Wildman–Crippen MR) is 139 cm³/mol. The first-order chi connectivity index (χ1) is 18.3. The molecule has 1 saturated heterocycles. The fraction of sp³-hybridized carbons (Fsp3) is 0.429. The van der Waals surface area contributed by atoms with Crippen LogP contribution in [0.25, 0.3) is 0 Å². The van der Waals surface area contributed by atoms with Crippen LogP contribution in [0.4, 0.5) is 4.79 Å². The summed E-state index contributed by atoms with van der Waals surface area (Å²) in [6.45, 7) is 2.40. The van der Waals surface area contributed by atoms with Gasteiger partial charge in [0.1, 0.15) is 25.0 Å². The van der Waals surface area contributed by atoms with E-state index in [9.17, 15) is 19.2 Å². The van der Waals surface area contributed by atoms with Gasteiger partial charge in [-0.05, 0) is 43.0 Å². The molecule has 1 fully saturated rings. The largest absolute Gasteiger partial charge is 0.491 e. The third-order valence-corrected chi connectivity index (χ3v) is 6.76. The van der Waals surface area contributed by atoms with Gasteiger partial charge in [0, 0.05) is 38.7 Å². The number of nitrogens with zero attached hydrogens (tertiary/aromatic N) is 2. The molecule has 2 aromatic carbocycles. The van der Waals surface area contributed by atoms with Crippen molar-refractivity contribution in [3.63, 3.8) is 0 Å². The van der Waals surface area contributed by atoms with E-state index in [-0.39, 0.29) is 43.0 Å². The number of ether oxygens (including phenoxy) is 2. The van der Waals surface area contributed by atoms with Crippen molar-refractivity contribution in [3.8, 4) is 5.75 Å². The summed E-state index contributed by atoms with van der Waals surface area (Å²) in [5.41, 5.74) is 1.34. The number of benzene rings is 2. The highest BCUT2D eigenvalue weighted by molar-refractivity contribution is 5.94. The normalized spacial score (nSPS) is 22.1. The van der Waals surface area contributed by atoms with Crippen molar-refractivity contribution in [2.24, 2.45) is 0 Å². The Kier molecular flexibility index (Phi) is 8.83. The van der Waals surface area contributed by atoms with Gasteiger partial charge in [0.2, 0.25) is 11.8 Å². The van der Waals surface area contributed by atoms with Crippen molar-refractivity contribution in [3.05, 3.63) is 65.7 Å². The second kappa shape index (κ2) is 12.4. The van der Waals surface area contributed by atoms with Gasteiger partial charge in [-0.2, -0.15) is 0 Å². The first-order valence-electron chi connectivity index (χ1n) is 12.8. The van der Waals surface area contributed by atoms with Crippen LogP contribution in [0.1, 0.15) is 42.1 Å². The van der Waals surface area contributed by atoms with Crippen LogP contribution in [0, 0.1) is 0 Å². The summed E-state index contributed by atoms with van der Waals surface area (Å²) in [5.74, 6) is -0.0825. The Hall–Kier alpha value is -4.08. The van der Waals surface area contributed by atoms with Crippen LogP contribution < -0.4 is 15.4 Å². The van der Waals surface area contributed by atoms with Gasteiger partial charge in [0.05, 0.1) is 6.04 Å². The second-order valence-electron chi connectivity index (χ2n) is 9.74. The summed E-state index contributed by atoms with van der Waals surface area (Å²) in [6.07, 6.45) is 0.614. The topological polar surface area (TPSA) is 117 Å². The number of fused-ring (bicyclic) bond motifs is 3. The van der Waals surface area contributed by atoms with Gasteiger partial charge in [0.15, 0.2) is 0 Å². The van der Waals surface area contributed by atoms with E-state index in [0.717, 1.165) is 5.56 Å². The zero-order chi connectivity index (χ0) is 27.1. The van der Waals surface area contributed by atoms with Crippen molar-refractivity contribution >= 4 is 23.8 Å². The maximum Gasteiger partial charge on any atom is 0.408 e. The molecule has 2 aliphatic rings. The van der Waals surface area contributed by atoms with Crippen molar-refractivity contribution in [1.29, 1.82) is 0 Å². The average Bonchev–Trinajstić information content (AvgIpc) is 3.31. The van der Waals surface area contributed by atoms with Crippen LogP contribution in [-0.4, -0.2) is 78.5 Å². The van der Waals surface area contributed by atoms with Gasteiger partial charge in [-0.15, -0.1) is 0 Å². The number of amides is 4. The molecule has 0 radical (unpaired) electrons. The van der Waals surface area contributed by atoms with E-state index >= 15 is 0 Å². The van der Waals surface area contributed by atoms with E-state index < -0.39 is 12.1 Å². The van der Waals surface area contributed by atoms with Crippen molar-refractivity contribution < 1.29 is 28.7 Å². The molecule has 2 bridgehead atoms. The lowest BCUT2D eigenvalue weighted by Gasteiger charge is -2.30. The number of carbonyl (C=O) groups is 4. The van der Waals surface area contributed by atoms with Gasteiger partial charge >= 0.3 is 6.09 Å². The molecule has 0 unspecified atom stereocenters. The van der Waals surface area contributed by atoms with E-state index in [2.05, 4.69) is 10.6 Å². The molecule has 38 heavy (non-hydrogen) atoms. The fourth-order valence-corrected chi connectivity index (χ4v) is 4.87. The SMILES string of the molecule is CC(=O)N[C@H]1C[C@H]2COc3cccc(c3)C(=O)N(C)CCC[C@H](NC(=O)OCc3ccccc3)C(=O)N2C1. The quantitative estimate of drug-likeness (QED) is 0.637. The molecule has 0 spiro atoms. The highest BCUT2D eigenvalue weighted by atomic mass is 16.5. The van der Waals surface area contributed by atoms with Gasteiger partial charge in [0.25, 0.3) is 5.91 Å². The Balaban J connectivity index is 1.53. The molecular weight excluding hydrogens is 488 g/mol. The molecule has 0 saturated carbocycles. The van der Waals surface area contributed by atoms with E-state index in [1.807, 2.05) is 30.3 Å². The van der Waals surface area contributed by atoms with E-state index in [4.69, 9.17) is 9.47 Å². The Morgan fingerprint density at radius 3 is 2.63 bits per heavy atom. The molecule has 3 atom stereocenters. The van der Waals surface area contributed by atoms with Crippen LogP contribution in [0.5, 0.6) is 5.75 Å².